The van der Waals surface area contributed by atoms with Gasteiger partial charge >= 0.3 is 5.97 Å². The number of aromatic nitrogens is 1. The summed E-state index contributed by atoms with van der Waals surface area (Å²) < 4.78 is 0. The number of hydrazone groups is 1. The van der Waals surface area contributed by atoms with Crippen LogP contribution in [0.1, 0.15) is 21.6 Å². The molecule has 0 spiro atoms. The van der Waals surface area contributed by atoms with Crippen LogP contribution in [0.15, 0.2) is 34.7 Å². The number of nitrogens with one attached hydrogen (secondary N) is 1. The Balaban J connectivity index is 2.11. The number of anilines is 1. The van der Waals surface area contributed by atoms with Crippen molar-refractivity contribution in [1.29, 1.82) is 0 Å². The zero-order valence-electron chi connectivity index (χ0n) is 9.62. The summed E-state index contributed by atoms with van der Waals surface area (Å²) in [5.74, 6) is -0.970. The van der Waals surface area contributed by atoms with Crippen molar-refractivity contribution < 1.29 is 9.90 Å². The average Bonchev–Trinajstić information content (AvgIpc) is 2.75. The minimum Gasteiger partial charge on any atom is -0.478 e. The van der Waals surface area contributed by atoms with Crippen LogP contribution in [-0.4, -0.2) is 22.3 Å². The first-order valence-corrected chi connectivity index (χ1v) is 6.08. The van der Waals surface area contributed by atoms with Gasteiger partial charge in [-0.25, -0.2) is 9.78 Å². The topological polar surface area (TPSA) is 74.6 Å². The Bertz CT molecular complexity index is 593. The van der Waals surface area contributed by atoms with Crippen LogP contribution < -0.4 is 5.43 Å². The third kappa shape index (κ3) is 2.92. The lowest BCUT2D eigenvalue weighted by Gasteiger charge is -1.99. The molecule has 2 N–H and O–H groups in total. The second-order valence-electron chi connectivity index (χ2n) is 3.56. The fraction of sp³-hybridized carbons (Fsp3) is 0.0833. The predicted molar refractivity (Wildman–Crippen MR) is 71.5 cm³/mol. The fourth-order valence-corrected chi connectivity index (χ4v) is 2.00. The first-order chi connectivity index (χ1) is 8.66. The Kier molecular flexibility index (Phi) is 3.69. The molecule has 0 atom stereocenters. The highest BCUT2D eigenvalue weighted by atomic mass is 32.1. The molecule has 0 amide bonds. The van der Waals surface area contributed by atoms with E-state index in [4.69, 9.17) is 5.11 Å². The monoisotopic (exact) mass is 261 g/mol. The minimum atomic E-state index is -0.970. The number of carboxylic acid groups (broad SMARTS) is 1. The van der Waals surface area contributed by atoms with E-state index in [1.54, 1.807) is 18.2 Å². The number of hydrogen-bond donors (Lipinski definition) is 2. The van der Waals surface area contributed by atoms with Crippen LogP contribution in [0.2, 0.25) is 0 Å². The molecule has 0 saturated carbocycles. The van der Waals surface area contributed by atoms with E-state index >= 15 is 0 Å². The minimum absolute atomic E-state index is 0.221. The fourth-order valence-electron chi connectivity index (χ4n) is 1.37. The van der Waals surface area contributed by atoms with Gasteiger partial charge in [0.2, 0.25) is 5.13 Å². The van der Waals surface area contributed by atoms with Crippen molar-refractivity contribution in [1.82, 2.24) is 4.98 Å². The van der Waals surface area contributed by atoms with Crippen LogP contribution in [0.5, 0.6) is 0 Å². The normalized spacial score (nSPS) is 10.7. The Labute approximate surface area is 108 Å². The molecule has 0 aliphatic rings. The summed E-state index contributed by atoms with van der Waals surface area (Å²) in [6.07, 6.45) is 1.47. The molecule has 0 fully saturated rings. The summed E-state index contributed by atoms with van der Waals surface area (Å²) in [6.45, 7) is 1.89. The molecule has 6 heteroatoms. The molecule has 0 radical (unpaired) electrons. The van der Waals surface area contributed by atoms with Crippen molar-refractivity contribution in [3.05, 3.63) is 46.5 Å². The summed E-state index contributed by atoms with van der Waals surface area (Å²) in [4.78, 5) is 15.1. The smallest absolute Gasteiger partial charge is 0.336 e. The lowest BCUT2D eigenvalue weighted by atomic mass is 10.1. The molecule has 0 aliphatic heterocycles. The van der Waals surface area contributed by atoms with Crippen molar-refractivity contribution >= 4 is 28.7 Å². The summed E-state index contributed by atoms with van der Waals surface area (Å²) in [6, 6.07) is 6.68. The van der Waals surface area contributed by atoms with Crippen molar-refractivity contribution in [3.8, 4) is 0 Å². The summed E-state index contributed by atoms with van der Waals surface area (Å²) in [5.41, 5.74) is 4.45. The number of thiazole rings is 1. The Hall–Kier alpha value is -2.21. The SMILES string of the molecule is Cc1csc(N/N=C/c2ccccc2C(=O)O)n1. The van der Waals surface area contributed by atoms with E-state index in [0.717, 1.165) is 5.69 Å². The van der Waals surface area contributed by atoms with Crippen LogP contribution in [0, 0.1) is 6.92 Å². The first kappa shape index (κ1) is 12.3. The molecule has 18 heavy (non-hydrogen) atoms. The van der Waals surface area contributed by atoms with Gasteiger partial charge in [0, 0.05) is 10.9 Å². The second kappa shape index (κ2) is 5.42. The molecule has 0 aliphatic carbocycles. The lowest BCUT2D eigenvalue weighted by Crippen LogP contribution is -2.02. The first-order valence-electron chi connectivity index (χ1n) is 5.20. The van der Waals surface area contributed by atoms with E-state index in [1.165, 1.54) is 23.6 Å². The molecule has 92 valence electrons. The lowest BCUT2D eigenvalue weighted by molar-refractivity contribution is 0.0697. The van der Waals surface area contributed by atoms with Crippen LogP contribution in [0.3, 0.4) is 0 Å². The quantitative estimate of drug-likeness (QED) is 0.655. The third-order valence-corrected chi connectivity index (χ3v) is 3.04. The number of carbonyl (C=O) groups is 1. The highest BCUT2D eigenvalue weighted by Crippen LogP contribution is 2.14. The van der Waals surface area contributed by atoms with Crippen molar-refractivity contribution in [2.75, 3.05) is 5.43 Å². The van der Waals surface area contributed by atoms with E-state index in [0.29, 0.717) is 10.7 Å². The Morgan fingerprint density at radius 2 is 2.28 bits per heavy atom. The van der Waals surface area contributed by atoms with Gasteiger partial charge in [-0.1, -0.05) is 18.2 Å². The summed E-state index contributed by atoms with van der Waals surface area (Å²) in [7, 11) is 0. The molecule has 0 bridgehead atoms. The van der Waals surface area contributed by atoms with Crippen LogP contribution in [0.25, 0.3) is 0 Å². The molecule has 1 aromatic heterocycles. The van der Waals surface area contributed by atoms with Gasteiger partial charge in [0.25, 0.3) is 0 Å². The third-order valence-electron chi connectivity index (χ3n) is 2.17. The maximum Gasteiger partial charge on any atom is 0.336 e. The van der Waals surface area contributed by atoms with Crippen LogP contribution in [0.4, 0.5) is 5.13 Å². The molecular weight excluding hydrogens is 250 g/mol. The molecular formula is C12H11N3O2S. The largest absolute Gasteiger partial charge is 0.478 e. The number of aryl methyl sites for hydroxylation is 1. The van der Waals surface area contributed by atoms with Gasteiger partial charge in [-0.3, -0.25) is 5.43 Å². The molecule has 0 saturated heterocycles. The maximum atomic E-state index is 11.0. The van der Waals surface area contributed by atoms with E-state index in [-0.39, 0.29) is 5.56 Å². The van der Waals surface area contributed by atoms with Gasteiger partial charge in [-0.2, -0.15) is 5.10 Å². The highest BCUT2D eigenvalue weighted by molar-refractivity contribution is 7.13. The van der Waals surface area contributed by atoms with Gasteiger partial charge < -0.3 is 5.11 Å². The van der Waals surface area contributed by atoms with Crippen molar-refractivity contribution in [2.45, 2.75) is 6.92 Å². The molecule has 2 rings (SSSR count). The number of benzene rings is 1. The standard InChI is InChI=1S/C12H11N3O2S/c1-8-7-18-12(14-8)15-13-6-9-4-2-3-5-10(9)11(16)17/h2-7H,1H3,(H,14,15)(H,16,17)/b13-6+. The summed E-state index contributed by atoms with van der Waals surface area (Å²) in [5, 5.41) is 15.6. The van der Waals surface area contributed by atoms with Gasteiger partial charge in [-0.05, 0) is 13.0 Å². The number of rotatable bonds is 4. The Morgan fingerprint density at radius 1 is 1.50 bits per heavy atom. The van der Waals surface area contributed by atoms with Crippen molar-refractivity contribution in [2.24, 2.45) is 5.10 Å². The highest BCUT2D eigenvalue weighted by Gasteiger charge is 2.06. The van der Waals surface area contributed by atoms with Crippen LogP contribution >= 0.6 is 11.3 Å². The number of hydrogen-bond acceptors (Lipinski definition) is 5. The van der Waals surface area contributed by atoms with E-state index in [9.17, 15) is 4.79 Å². The van der Waals surface area contributed by atoms with E-state index in [1.807, 2.05) is 12.3 Å². The number of aromatic carboxylic acids is 1. The number of nitrogens with zero attached hydrogens (tertiary/aromatic N) is 2. The zero-order valence-corrected chi connectivity index (χ0v) is 10.4. The van der Waals surface area contributed by atoms with E-state index < -0.39 is 5.97 Å². The number of carboxylic acids is 1. The summed E-state index contributed by atoms with van der Waals surface area (Å²) >= 11 is 1.44. The van der Waals surface area contributed by atoms with Crippen LogP contribution in [-0.2, 0) is 0 Å². The molecule has 1 aromatic carbocycles. The average molecular weight is 261 g/mol. The molecule has 2 aromatic rings. The predicted octanol–water partition coefficient (Wildman–Crippen LogP) is 2.60. The zero-order chi connectivity index (χ0) is 13.0. The maximum absolute atomic E-state index is 11.0. The Morgan fingerprint density at radius 3 is 2.94 bits per heavy atom. The molecule has 0 unspecified atom stereocenters. The van der Waals surface area contributed by atoms with Crippen molar-refractivity contribution in [3.63, 3.8) is 0 Å². The molecule has 1 heterocycles. The van der Waals surface area contributed by atoms with Gasteiger partial charge in [-0.15, -0.1) is 11.3 Å². The van der Waals surface area contributed by atoms with Gasteiger partial charge in [0.1, 0.15) is 0 Å². The second-order valence-corrected chi connectivity index (χ2v) is 4.41. The van der Waals surface area contributed by atoms with Gasteiger partial charge in [0.15, 0.2) is 0 Å². The van der Waals surface area contributed by atoms with Gasteiger partial charge in [0.05, 0.1) is 17.5 Å². The molecule has 5 nitrogen and oxygen atoms in total. The van der Waals surface area contributed by atoms with E-state index in [2.05, 4.69) is 15.5 Å².